The zero-order valence-electron chi connectivity index (χ0n) is 11.4. The van der Waals surface area contributed by atoms with Crippen molar-refractivity contribution in [1.29, 1.82) is 0 Å². The fourth-order valence-electron chi connectivity index (χ4n) is 2.12. The predicted octanol–water partition coefficient (Wildman–Crippen LogP) is 3.19. The van der Waals surface area contributed by atoms with Crippen LogP contribution in [-0.2, 0) is 6.54 Å². The van der Waals surface area contributed by atoms with Crippen molar-refractivity contribution in [3.05, 3.63) is 41.1 Å². The summed E-state index contributed by atoms with van der Waals surface area (Å²) in [6.45, 7) is 8.30. The molecule has 0 spiro atoms. The minimum atomic E-state index is 0.853. The normalized spacial score (nSPS) is 10.8. The van der Waals surface area contributed by atoms with E-state index in [4.69, 9.17) is 0 Å². The molecule has 0 atom stereocenters. The van der Waals surface area contributed by atoms with Gasteiger partial charge in [-0.05, 0) is 45.0 Å². The highest BCUT2D eigenvalue weighted by Gasteiger charge is 2.04. The van der Waals surface area contributed by atoms with E-state index in [0.29, 0.717) is 0 Å². The van der Waals surface area contributed by atoms with Gasteiger partial charge in [0.05, 0.1) is 5.69 Å². The van der Waals surface area contributed by atoms with Crippen molar-refractivity contribution in [1.82, 2.24) is 15.5 Å². The molecular weight excluding hydrogens is 222 g/mol. The van der Waals surface area contributed by atoms with Crippen LogP contribution in [-0.4, -0.2) is 16.7 Å². The van der Waals surface area contributed by atoms with Gasteiger partial charge in [-0.25, -0.2) is 0 Å². The molecule has 0 saturated heterocycles. The van der Waals surface area contributed by atoms with E-state index in [0.717, 1.165) is 30.9 Å². The minimum absolute atomic E-state index is 0.853. The lowest BCUT2D eigenvalue weighted by atomic mass is 10.1. The topological polar surface area (TPSA) is 40.7 Å². The van der Waals surface area contributed by atoms with E-state index < -0.39 is 0 Å². The monoisotopic (exact) mass is 243 g/mol. The molecule has 1 aromatic carbocycles. The molecule has 2 aromatic rings. The Morgan fingerprint density at radius 1 is 1.11 bits per heavy atom. The van der Waals surface area contributed by atoms with Crippen LogP contribution in [0, 0.1) is 13.8 Å². The van der Waals surface area contributed by atoms with Crippen LogP contribution in [0.15, 0.2) is 24.3 Å². The van der Waals surface area contributed by atoms with Gasteiger partial charge >= 0.3 is 0 Å². The summed E-state index contributed by atoms with van der Waals surface area (Å²) in [5.74, 6) is 0. The van der Waals surface area contributed by atoms with Gasteiger partial charge in [0, 0.05) is 17.8 Å². The van der Waals surface area contributed by atoms with Gasteiger partial charge in [-0.2, -0.15) is 5.10 Å². The molecule has 1 aromatic heterocycles. The van der Waals surface area contributed by atoms with Crippen LogP contribution in [0.1, 0.15) is 30.2 Å². The molecule has 1 heterocycles. The summed E-state index contributed by atoms with van der Waals surface area (Å²) >= 11 is 0. The quantitative estimate of drug-likeness (QED) is 0.792. The highest BCUT2D eigenvalue weighted by molar-refractivity contribution is 5.61. The minimum Gasteiger partial charge on any atom is -0.311 e. The molecule has 0 aliphatic carbocycles. The molecule has 18 heavy (non-hydrogen) atoms. The Kier molecular flexibility index (Phi) is 4.15. The lowest BCUT2D eigenvalue weighted by Crippen LogP contribution is -2.13. The molecule has 0 saturated carbocycles. The van der Waals surface area contributed by atoms with E-state index in [1.165, 1.54) is 16.7 Å². The Bertz CT molecular complexity index is 494. The predicted molar refractivity (Wildman–Crippen MR) is 75.5 cm³/mol. The second-order valence-corrected chi connectivity index (χ2v) is 4.83. The number of hydrogen-bond donors (Lipinski definition) is 2. The van der Waals surface area contributed by atoms with Crippen LogP contribution in [0.5, 0.6) is 0 Å². The van der Waals surface area contributed by atoms with E-state index in [1.807, 2.05) is 0 Å². The molecule has 0 unspecified atom stereocenters. The van der Waals surface area contributed by atoms with Gasteiger partial charge in [0.15, 0.2) is 0 Å². The van der Waals surface area contributed by atoms with E-state index in [2.05, 4.69) is 60.6 Å². The van der Waals surface area contributed by atoms with Gasteiger partial charge in [0.25, 0.3) is 0 Å². The first-order chi connectivity index (χ1) is 8.69. The molecule has 0 fully saturated rings. The summed E-state index contributed by atoms with van der Waals surface area (Å²) < 4.78 is 0. The first kappa shape index (κ1) is 12.8. The van der Waals surface area contributed by atoms with E-state index in [9.17, 15) is 0 Å². The number of nitrogens with one attached hydrogen (secondary N) is 2. The van der Waals surface area contributed by atoms with Crippen molar-refractivity contribution < 1.29 is 0 Å². The third kappa shape index (κ3) is 3.20. The second kappa shape index (κ2) is 5.83. The van der Waals surface area contributed by atoms with E-state index in [1.54, 1.807) is 0 Å². The highest BCUT2D eigenvalue weighted by Crippen LogP contribution is 2.20. The molecule has 2 rings (SSSR count). The van der Waals surface area contributed by atoms with Crippen molar-refractivity contribution >= 4 is 0 Å². The average Bonchev–Trinajstić information content (AvgIpc) is 2.77. The first-order valence-corrected chi connectivity index (χ1v) is 6.52. The Labute approximate surface area is 109 Å². The van der Waals surface area contributed by atoms with Gasteiger partial charge in [-0.3, -0.25) is 5.10 Å². The zero-order chi connectivity index (χ0) is 13.0. The van der Waals surface area contributed by atoms with Crippen LogP contribution in [0.25, 0.3) is 11.3 Å². The number of nitrogens with zero attached hydrogens (tertiary/aromatic N) is 1. The Balaban J connectivity index is 2.13. The molecule has 2 N–H and O–H groups in total. The van der Waals surface area contributed by atoms with Crippen LogP contribution in [0.2, 0.25) is 0 Å². The summed E-state index contributed by atoms with van der Waals surface area (Å²) in [4.78, 5) is 0. The van der Waals surface area contributed by atoms with Gasteiger partial charge < -0.3 is 5.32 Å². The van der Waals surface area contributed by atoms with E-state index >= 15 is 0 Å². The van der Waals surface area contributed by atoms with Crippen LogP contribution in [0.3, 0.4) is 0 Å². The second-order valence-electron chi connectivity index (χ2n) is 4.83. The molecule has 0 aliphatic rings. The van der Waals surface area contributed by atoms with Crippen molar-refractivity contribution in [2.75, 3.05) is 6.54 Å². The molecule has 0 radical (unpaired) electrons. The largest absolute Gasteiger partial charge is 0.311 e. The number of aromatic nitrogens is 2. The average molecular weight is 243 g/mol. The number of rotatable bonds is 5. The van der Waals surface area contributed by atoms with Crippen molar-refractivity contribution in [3.8, 4) is 11.3 Å². The maximum Gasteiger partial charge on any atom is 0.0924 e. The lowest BCUT2D eigenvalue weighted by Gasteiger charge is -2.01. The lowest BCUT2D eigenvalue weighted by molar-refractivity contribution is 0.662. The fourth-order valence-corrected chi connectivity index (χ4v) is 2.12. The smallest absolute Gasteiger partial charge is 0.0924 e. The molecular formula is C15H21N3. The van der Waals surface area contributed by atoms with E-state index in [-0.39, 0.29) is 0 Å². The van der Waals surface area contributed by atoms with Crippen LogP contribution < -0.4 is 5.32 Å². The van der Waals surface area contributed by atoms with Crippen LogP contribution >= 0.6 is 0 Å². The summed E-state index contributed by atoms with van der Waals surface area (Å²) in [7, 11) is 0. The van der Waals surface area contributed by atoms with Gasteiger partial charge in [0.1, 0.15) is 0 Å². The third-order valence-electron chi connectivity index (χ3n) is 2.89. The fraction of sp³-hybridized carbons (Fsp3) is 0.400. The highest BCUT2D eigenvalue weighted by atomic mass is 15.1. The van der Waals surface area contributed by atoms with Crippen molar-refractivity contribution in [2.24, 2.45) is 0 Å². The summed E-state index contributed by atoms with van der Waals surface area (Å²) in [5.41, 5.74) is 5.90. The van der Waals surface area contributed by atoms with Gasteiger partial charge in [0.2, 0.25) is 0 Å². The van der Waals surface area contributed by atoms with Gasteiger partial charge in [-0.15, -0.1) is 0 Å². The Morgan fingerprint density at radius 3 is 2.50 bits per heavy atom. The number of H-pyrrole nitrogens is 1. The standard InChI is InChI=1S/C15H21N3/c1-4-5-16-10-14-9-15(18-17-14)13-7-11(2)6-12(3)8-13/h6-9,16H,4-5,10H2,1-3H3,(H,17,18). The van der Waals surface area contributed by atoms with Crippen LogP contribution in [0.4, 0.5) is 0 Å². The van der Waals surface area contributed by atoms with Crippen molar-refractivity contribution in [2.45, 2.75) is 33.7 Å². The SMILES string of the molecule is CCCNCc1cc(-c2cc(C)cc(C)c2)n[nH]1. The Morgan fingerprint density at radius 2 is 1.83 bits per heavy atom. The number of benzene rings is 1. The van der Waals surface area contributed by atoms with Crippen molar-refractivity contribution in [3.63, 3.8) is 0 Å². The molecule has 0 bridgehead atoms. The number of aryl methyl sites for hydroxylation is 2. The summed E-state index contributed by atoms with van der Waals surface area (Å²) in [6.07, 6.45) is 1.15. The Hall–Kier alpha value is -1.61. The molecule has 96 valence electrons. The number of hydrogen-bond acceptors (Lipinski definition) is 2. The molecule has 0 amide bonds. The molecule has 3 heteroatoms. The molecule has 0 aliphatic heterocycles. The summed E-state index contributed by atoms with van der Waals surface area (Å²) in [6, 6.07) is 8.65. The maximum absolute atomic E-state index is 4.38. The number of aromatic amines is 1. The third-order valence-corrected chi connectivity index (χ3v) is 2.89. The molecule has 3 nitrogen and oxygen atoms in total. The zero-order valence-corrected chi connectivity index (χ0v) is 11.4. The summed E-state index contributed by atoms with van der Waals surface area (Å²) in [5, 5.41) is 10.8. The maximum atomic E-state index is 4.38. The van der Waals surface area contributed by atoms with Gasteiger partial charge in [-0.1, -0.05) is 24.1 Å². The first-order valence-electron chi connectivity index (χ1n) is 6.52.